The van der Waals surface area contributed by atoms with E-state index in [2.05, 4.69) is 23.4 Å². The summed E-state index contributed by atoms with van der Waals surface area (Å²) in [5, 5.41) is 9.04. The number of aromatic nitrogens is 3. The first-order chi connectivity index (χ1) is 6.70. The lowest BCUT2D eigenvalue weighted by Gasteiger charge is -1.93. The fraction of sp³-hybridized carbons (Fsp3) is 0. The van der Waals surface area contributed by atoms with Gasteiger partial charge < -0.3 is 0 Å². The number of hydrogen-bond acceptors (Lipinski definition) is 2. The van der Waals surface area contributed by atoms with E-state index in [1.165, 1.54) is 4.80 Å². The molecule has 2 aromatic rings. The molecule has 0 aliphatic rings. The summed E-state index contributed by atoms with van der Waals surface area (Å²) in [6.07, 6.45) is 1.60. The molecule has 0 spiro atoms. The maximum absolute atomic E-state index is 5.82. The summed E-state index contributed by atoms with van der Waals surface area (Å²) in [6, 6.07) is 5.36. The van der Waals surface area contributed by atoms with Crippen molar-refractivity contribution in [3.8, 4) is 0 Å². The summed E-state index contributed by atoms with van der Waals surface area (Å²) in [6.45, 7) is 7.35. The van der Waals surface area contributed by atoms with Crippen molar-refractivity contribution in [3.63, 3.8) is 0 Å². The minimum Gasteiger partial charge on any atom is -0.151 e. The summed E-state index contributed by atoms with van der Waals surface area (Å²) in [7, 11) is 0. The van der Waals surface area contributed by atoms with Crippen LogP contribution < -0.4 is 0 Å². The molecule has 0 fully saturated rings. The first-order valence-electron chi connectivity index (χ1n) is 4.05. The smallest absolute Gasteiger partial charge is 0.115 e. The van der Waals surface area contributed by atoms with Crippen LogP contribution in [-0.2, 0) is 0 Å². The second kappa shape index (κ2) is 3.27. The monoisotopic (exact) mass is 205 g/mol. The van der Waals surface area contributed by atoms with E-state index in [1.54, 1.807) is 18.2 Å². The summed E-state index contributed by atoms with van der Waals surface area (Å²) >= 11 is 5.82. The van der Waals surface area contributed by atoms with Crippen molar-refractivity contribution in [3.05, 3.63) is 42.5 Å². The number of rotatable bonds is 2. The third kappa shape index (κ3) is 1.42. The zero-order valence-electron chi connectivity index (χ0n) is 7.44. The minimum absolute atomic E-state index is 0.636. The molecule has 0 aliphatic heterocycles. The van der Waals surface area contributed by atoms with E-state index in [4.69, 9.17) is 11.6 Å². The molecule has 0 amide bonds. The molecule has 70 valence electrons. The fourth-order valence-electron chi connectivity index (χ4n) is 1.10. The first kappa shape index (κ1) is 8.97. The Hall–Kier alpha value is -1.61. The van der Waals surface area contributed by atoms with E-state index in [1.807, 2.05) is 6.07 Å². The van der Waals surface area contributed by atoms with Gasteiger partial charge >= 0.3 is 0 Å². The Morgan fingerprint density at radius 3 is 2.79 bits per heavy atom. The van der Waals surface area contributed by atoms with Gasteiger partial charge in [-0.2, -0.15) is 4.80 Å². The molecule has 1 aromatic carbocycles. The lowest BCUT2D eigenvalue weighted by atomic mass is 10.3. The molecule has 0 saturated heterocycles. The lowest BCUT2D eigenvalue weighted by molar-refractivity contribution is 0.793. The van der Waals surface area contributed by atoms with Crippen LogP contribution in [0.5, 0.6) is 0 Å². The lowest BCUT2D eigenvalue weighted by Crippen LogP contribution is -1.96. The molecule has 2 rings (SSSR count). The van der Waals surface area contributed by atoms with Crippen molar-refractivity contribution < 1.29 is 0 Å². The quantitative estimate of drug-likeness (QED) is 0.706. The third-order valence-electron chi connectivity index (χ3n) is 1.83. The Labute approximate surface area is 86.3 Å². The van der Waals surface area contributed by atoms with Crippen molar-refractivity contribution in [2.45, 2.75) is 0 Å². The van der Waals surface area contributed by atoms with Gasteiger partial charge in [-0.25, -0.2) is 0 Å². The highest BCUT2D eigenvalue weighted by Crippen LogP contribution is 2.16. The second-order valence-corrected chi connectivity index (χ2v) is 3.25. The summed E-state index contributed by atoms with van der Waals surface area (Å²) in [5.41, 5.74) is 2.18. The van der Waals surface area contributed by atoms with E-state index in [9.17, 15) is 0 Å². The number of halogens is 1. The van der Waals surface area contributed by atoms with Gasteiger partial charge in [0.2, 0.25) is 0 Å². The van der Waals surface area contributed by atoms with Crippen molar-refractivity contribution in [2.75, 3.05) is 0 Å². The van der Waals surface area contributed by atoms with Gasteiger partial charge in [-0.15, -0.1) is 10.2 Å². The molecular formula is C10H8ClN3. The van der Waals surface area contributed by atoms with Crippen molar-refractivity contribution in [2.24, 2.45) is 0 Å². The summed E-state index contributed by atoms with van der Waals surface area (Å²) in [5.74, 6) is 0. The van der Waals surface area contributed by atoms with E-state index in [0.717, 1.165) is 11.0 Å². The maximum atomic E-state index is 5.82. The third-order valence-corrected chi connectivity index (χ3v) is 2.07. The molecule has 0 bridgehead atoms. The fourth-order valence-corrected chi connectivity index (χ4v) is 1.26. The maximum Gasteiger partial charge on any atom is 0.115 e. The molecule has 0 radical (unpaired) electrons. The Morgan fingerprint density at radius 2 is 2.07 bits per heavy atom. The van der Waals surface area contributed by atoms with Crippen LogP contribution in [-0.4, -0.2) is 15.0 Å². The highest BCUT2D eigenvalue weighted by atomic mass is 35.5. The van der Waals surface area contributed by atoms with Gasteiger partial charge in [0.05, 0.1) is 5.70 Å². The molecule has 0 saturated carbocycles. The van der Waals surface area contributed by atoms with Crippen molar-refractivity contribution in [1.82, 2.24) is 15.0 Å². The number of nitrogens with zero attached hydrogens (tertiary/aromatic N) is 3. The van der Waals surface area contributed by atoms with E-state index >= 15 is 0 Å². The van der Waals surface area contributed by atoms with Gasteiger partial charge in [-0.3, -0.25) is 0 Å². The SMILES string of the molecule is C=CC(=C)n1nc2ccc(Cl)cc2n1. The van der Waals surface area contributed by atoms with Gasteiger partial charge in [-0.1, -0.05) is 24.8 Å². The van der Waals surface area contributed by atoms with Crippen LogP contribution in [0.1, 0.15) is 0 Å². The average Bonchev–Trinajstić information content (AvgIpc) is 2.59. The molecule has 0 unspecified atom stereocenters. The van der Waals surface area contributed by atoms with Gasteiger partial charge in [0.1, 0.15) is 11.0 Å². The van der Waals surface area contributed by atoms with Gasteiger partial charge in [0.15, 0.2) is 0 Å². The first-order valence-corrected chi connectivity index (χ1v) is 4.43. The van der Waals surface area contributed by atoms with E-state index in [-0.39, 0.29) is 0 Å². The molecule has 1 aromatic heterocycles. The van der Waals surface area contributed by atoms with Gasteiger partial charge in [0.25, 0.3) is 0 Å². The van der Waals surface area contributed by atoms with Crippen LogP contribution >= 0.6 is 11.6 Å². The van der Waals surface area contributed by atoms with Crippen LogP contribution in [0.3, 0.4) is 0 Å². The predicted octanol–water partition coefficient (Wildman–Crippen LogP) is 2.74. The molecule has 0 atom stereocenters. The molecule has 0 aliphatic carbocycles. The number of hydrogen-bond donors (Lipinski definition) is 0. The highest BCUT2D eigenvalue weighted by Gasteiger charge is 2.03. The number of fused-ring (bicyclic) bond motifs is 1. The Balaban J connectivity index is 2.62. The topological polar surface area (TPSA) is 30.7 Å². The minimum atomic E-state index is 0.636. The molecule has 4 heteroatoms. The average molecular weight is 206 g/mol. The summed E-state index contributed by atoms with van der Waals surface area (Å²) < 4.78 is 0. The van der Waals surface area contributed by atoms with Crippen LogP contribution in [0.25, 0.3) is 16.7 Å². The highest BCUT2D eigenvalue weighted by molar-refractivity contribution is 6.31. The molecule has 14 heavy (non-hydrogen) atoms. The number of allylic oxidation sites excluding steroid dienone is 2. The van der Waals surface area contributed by atoms with Gasteiger partial charge in [0, 0.05) is 5.02 Å². The van der Waals surface area contributed by atoms with E-state index in [0.29, 0.717) is 10.7 Å². The molecular weight excluding hydrogens is 198 g/mol. The zero-order chi connectivity index (χ0) is 10.1. The number of benzene rings is 1. The Kier molecular flexibility index (Phi) is 2.09. The molecule has 0 N–H and O–H groups in total. The van der Waals surface area contributed by atoms with Crippen LogP contribution in [0.15, 0.2) is 37.4 Å². The largest absolute Gasteiger partial charge is 0.151 e. The summed E-state index contributed by atoms with van der Waals surface area (Å²) in [4.78, 5) is 1.44. The van der Waals surface area contributed by atoms with E-state index < -0.39 is 0 Å². The van der Waals surface area contributed by atoms with Crippen LogP contribution in [0, 0.1) is 0 Å². The zero-order valence-corrected chi connectivity index (χ0v) is 8.20. The Bertz CT molecular complexity index is 513. The standard InChI is InChI=1S/C10H8ClN3/c1-3-7(2)14-12-9-5-4-8(11)6-10(9)13-14/h3-6H,1-2H2. The predicted molar refractivity (Wildman–Crippen MR) is 58.1 cm³/mol. The van der Waals surface area contributed by atoms with Crippen LogP contribution in [0.4, 0.5) is 0 Å². The Morgan fingerprint density at radius 1 is 1.36 bits per heavy atom. The van der Waals surface area contributed by atoms with Crippen molar-refractivity contribution >= 4 is 28.3 Å². The van der Waals surface area contributed by atoms with Gasteiger partial charge in [-0.05, 0) is 24.3 Å². The second-order valence-electron chi connectivity index (χ2n) is 2.82. The van der Waals surface area contributed by atoms with Crippen LogP contribution in [0.2, 0.25) is 5.02 Å². The normalized spacial score (nSPS) is 10.4. The van der Waals surface area contributed by atoms with Crippen molar-refractivity contribution in [1.29, 1.82) is 0 Å². The molecule has 3 nitrogen and oxygen atoms in total. The molecule has 1 heterocycles.